The topological polar surface area (TPSA) is 86.2 Å². The summed E-state index contributed by atoms with van der Waals surface area (Å²) >= 11 is 5.84. The third-order valence-corrected chi connectivity index (χ3v) is 4.39. The fraction of sp³-hybridized carbons (Fsp3) is 0.125. The molecule has 0 fully saturated rings. The van der Waals surface area contributed by atoms with Crippen molar-refractivity contribution in [2.45, 2.75) is 6.92 Å². The van der Waals surface area contributed by atoms with Crippen LogP contribution in [0.4, 0.5) is 4.39 Å². The van der Waals surface area contributed by atoms with Gasteiger partial charge in [0.2, 0.25) is 0 Å². The first kappa shape index (κ1) is 23.7. The molecule has 7 nitrogen and oxygen atoms in total. The molecule has 0 radical (unpaired) electrons. The normalized spacial score (nSPS) is 10.6. The SMILES string of the molecule is CCOc1cc(/C=N\NC(=O)COc2ccc(F)cc2)ccc1OC(=O)c1ccc(Cl)cc1. The quantitative estimate of drug-likeness (QED) is 0.213. The van der Waals surface area contributed by atoms with Crippen LogP contribution in [0, 0.1) is 5.82 Å². The molecule has 0 saturated carbocycles. The van der Waals surface area contributed by atoms with Crippen LogP contribution in [0.25, 0.3) is 0 Å². The first-order valence-electron chi connectivity index (χ1n) is 9.89. The standard InChI is InChI=1S/C24H20ClFN2O5/c1-2-31-22-13-16(3-12-21(22)33-24(30)17-4-6-18(25)7-5-17)14-27-28-23(29)15-32-20-10-8-19(26)9-11-20/h3-14H,2,15H2,1H3,(H,28,29)/b27-14-. The van der Waals surface area contributed by atoms with Crippen molar-refractivity contribution in [1.82, 2.24) is 5.43 Å². The molecule has 0 aliphatic heterocycles. The van der Waals surface area contributed by atoms with E-state index in [1.807, 2.05) is 0 Å². The summed E-state index contributed by atoms with van der Waals surface area (Å²) < 4.78 is 29.1. The predicted octanol–water partition coefficient (Wildman–Crippen LogP) is 4.63. The van der Waals surface area contributed by atoms with Crippen molar-refractivity contribution in [2.75, 3.05) is 13.2 Å². The predicted molar refractivity (Wildman–Crippen MR) is 122 cm³/mol. The molecule has 0 bridgehead atoms. The van der Waals surface area contributed by atoms with Crippen molar-refractivity contribution >= 4 is 29.7 Å². The number of benzene rings is 3. The zero-order chi connectivity index (χ0) is 23.6. The number of nitrogens with one attached hydrogen (secondary N) is 1. The lowest BCUT2D eigenvalue weighted by Gasteiger charge is -2.11. The average molecular weight is 471 g/mol. The van der Waals surface area contributed by atoms with Crippen LogP contribution in [0.2, 0.25) is 5.02 Å². The molecule has 9 heteroatoms. The molecule has 33 heavy (non-hydrogen) atoms. The molecular weight excluding hydrogens is 451 g/mol. The van der Waals surface area contributed by atoms with Crippen LogP contribution >= 0.6 is 11.6 Å². The number of esters is 1. The molecule has 3 rings (SSSR count). The summed E-state index contributed by atoms with van der Waals surface area (Å²) in [5, 5.41) is 4.39. The highest BCUT2D eigenvalue weighted by Gasteiger charge is 2.13. The monoisotopic (exact) mass is 470 g/mol. The Labute approximate surface area is 194 Å². The highest BCUT2D eigenvalue weighted by atomic mass is 35.5. The maximum Gasteiger partial charge on any atom is 0.343 e. The number of hydrazone groups is 1. The van der Waals surface area contributed by atoms with Gasteiger partial charge in [0.25, 0.3) is 5.91 Å². The van der Waals surface area contributed by atoms with Gasteiger partial charge in [0, 0.05) is 5.02 Å². The van der Waals surface area contributed by atoms with Gasteiger partial charge in [-0.25, -0.2) is 14.6 Å². The minimum absolute atomic E-state index is 0.241. The zero-order valence-electron chi connectivity index (χ0n) is 17.6. The summed E-state index contributed by atoms with van der Waals surface area (Å²) in [4.78, 5) is 24.2. The van der Waals surface area contributed by atoms with Crippen molar-refractivity contribution < 1.29 is 28.2 Å². The minimum Gasteiger partial charge on any atom is -0.490 e. The fourth-order valence-electron chi connectivity index (χ4n) is 2.59. The van der Waals surface area contributed by atoms with Crippen molar-refractivity contribution in [3.05, 3.63) is 88.7 Å². The number of halogens is 2. The Morgan fingerprint density at radius 3 is 2.42 bits per heavy atom. The van der Waals surface area contributed by atoms with Crippen LogP contribution in [0.5, 0.6) is 17.2 Å². The Morgan fingerprint density at radius 2 is 1.73 bits per heavy atom. The Morgan fingerprint density at radius 1 is 1.00 bits per heavy atom. The largest absolute Gasteiger partial charge is 0.490 e. The number of hydrogen-bond donors (Lipinski definition) is 1. The lowest BCUT2D eigenvalue weighted by atomic mass is 10.2. The molecule has 3 aromatic rings. The number of ether oxygens (including phenoxy) is 3. The number of nitrogens with zero attached hydrogens (tertiary/aromatic N) is 1. The fourth-order valence-corrected chi connectivity index (χ4v) is 2.72. The van der Waals surface area contributed by atoms with Gasteiger partial charge in [-0.3, -0.25) is 4.79 Å². The van der Waals surface area contributed by atoms with E-state index in [2.05, 4.69) is 10.5 Å². The second kappa shape index (κ2) is 11.6. The van der Waals surface area contributed by atoms with Crippen LogP contribution in [-0.4, -0.2) is 31.3 Å². The molecule has 0 unspecified atom stereocenters. The Balaban J connectivity index is 1.58. The van der Waals surface area contributed by atoms with Crippen molar-refractivity contribution in [1.29, 1.82) is 0 Å². The van der Waals surface area contributed by atoms with Gasteiger partial charge < -0.3 is 14.2 Å². The van der Waals surface area contributed by atoms with Gasteiger partial charge in [-0.2, -0.15) is 5.10 Å². The Hall–Kier alpha value is -3.91. The van der Waals surface area contributed by atoms with Gasteiger partial charge in [0.05, 0.1) is 18.4 Å². The molecule has 0 heterocycles. The van der Waals surface area contributed by atoms with E-state index in [9.17, 15) is 14.0 Å². The highest BCUT2D eigenvalue weighted by Crippen LogP contribution is 2.29. The van der Waals surface area contributed by atoms with E-state index >= 15 is 0 Å². The molecule has 170 valence electrons. The molecule has 0 spiro atoms. The number of rotatable bonds is 9. The van der Waals surface area contributed by atoms with Crippen LogP contribution in [0.3, 0.4) is 0 Å². The van der Waals surface area contributed by atoms with Crippen molar-refractivity contribution in [2.24, 2.45) is 5.10 Å². The van der Waals surface area contributed by atoms with Gasteiger partial charge >= 0.3 is 5.97 Å². The number of carbonyl (C=O) groups is 2. The summed E-state index contributed by atoms with van der Waals surface area (Å²) in [6.07, 6.45) is 1.41. The molecular formula is C24H20ClFN2O5. The molecule has 0 aliphatic rings. The van der Waals surface area contributed by atoms with Crippen LogP contribution in [-0.2, 0) is 4.79 Å². The average Bonchev–Trinajstić information content (AvgIpc) is 2.81. The van der Waals surface area contributed by atoms with Gasteiger partial charge in [-0.1, -0.05) is 11.6 Å². The molecule has 1 N–H and O–H groups in total. The van der Waals surface area contributed by atoms with E-state index in [4.69, 9.17) is 25.8 Å². The second-order valence-electron chi connectivity index (χ2n) is 6.57. The molecule has 0 atom stereocenters. The van der Waals surface area contributed by atoms with E-state index in [0.29, 0.717) is 34.3 Å². The molecule has 3 aromatic carbocycles. The van der Waals surface area contributed by atoms with Gasteiger partial charge in [-0.05, 0) is 79.2 Å². The third-order valence-electron chi connectivity index (χ3n) is 4.14. The smallest absolute Gasteiger partial charge is 0.343 e. The molecule has 0 aromatic heterocycles. The van der Waals surface area contributed by atoms with Crippen LogP contribution < -0.4 is 19.6 Å². The first-order chi connectivity index (χ1) is 15.9. The lowest BCUT2D eigenvalue weighted by Crippen LogP contribution is -2.24. The number of hydrogen-bond acceptors (Lipinski definition) is 6. The maximum absolute atomic E-state index is 12.9. The lowest BCUT2D eigenvalue weighted by molar-refractivity contribution is -0.123. The molecule has 0 aliphatic carbocycles. The van der Waals surface area contributed by atoms with Gasteiger partial charge in [0.15, 0.2) is 18.1 Å². The molecule has 0 saturated heterocycles. The summed E-state index contributed by atoms with van der Waals surface area (Å²) in [5.41, 5.74) is 3.28. The van der Waals surface area contributed by atoms with Crippen LogP contribution in [0.1, 0.15) is 22.8 Å². The van der Waals surface area contributed by atoms with Crippen molar-refractivity contribution in [3.63, 3.8) is 0 Å². The maximum atomic E-state index is 12.9. The first-order valence-corrected chi connectivity index (χ1v) is 10.3. The van der Waals surface area contributed by atoms with E-state index in [1.165, 1.54) is 30.5 Å². The van der Waals surface area contributed by atoms with E-state index in [1.54, 1.807) is 49.4 Å². The Bertz CT molecular complexity index is 1130. The summed E-state index contributed by atoms with van der Waals surface area (Å²) in [7, 11) is 0. The molecule has 1 amide bonds. The second-order valence-corrected chi connectivity index (χ2v) is 7.01. The highest BCUT2D eigenvalue weighted by molar-refractivity contribution is 6.30. The number of carbonyl (C=O) groups excluding carboxylic acids is 2. The van der Waals surface area contributed by atoms with E-state index < -0.39 is 17.7 Å². The summed E-state index contributed by atoms with van der Waals surface area (Å²) in [6, 6.07) is 16.5. The van der Waals surface area contributed by atoms with Gasteiger partial charge in [0.1, 0.15) is 11.6 Å². The minimum atomic E-state index is -0.553. The number of amides is 1. The summed E-state index contributed by atoms with van der Waals surface area (Å²) in [5.74, 6) is -0.494. The van der Waals surface area contributed by atoms with E-state index in [-0.39, 0.29) is 12.4 Å². The third kappa shape index (κ3) is 7.33. The van der Waals surface area contributed by atoms with Gasteiger partial charge in [-0.15, -0.1) is 0 Å². The van der Waals surface area contributed by atoms with Crippen molar-refractivity contribution in [3.8, 4) is 17.2 Å². The Kier molecular flexibility index (Phi) is 8.37. The van der Waals surface area contributed by atoms with E-state index in [0.717, 1.165) is 0 Å². The van der Waals surface area contributed by atoms with Crippen LogP contribution in [0.15, 0.2) is 71.8 Å². The summed E-state index contributed by atoms with van der Waals surface area (Å²) in [6.45, 7) is 1.86. The zero-order valence-corrected chi connectivity index (χ0v) is 18.3.